The molecule has 1 fully saturated rings. The number of hydrogen-bond acceptors (Lipinski definition) is 2. The molecule has 24 heavy (non-hydrogen) atoms. The van der Waals surface area contributed by atoms with Gasteiger partial charge in [-0.25, -0.2) is 0 Å². The van der Waals surface area contributed by atoms with Crippen LogP contribution in [-0.2, 0) is 0 Å². The highest BCUT2D eigenvalue weighted by Gasteiger charge is 2.29. The van der Waals surface area contributed by atoms with E-state index in [2.05, 4.69) is 17.1 Å². The van der Waals surface area contributed by atoms with E-state index in [0.717, 1.165) is 16.6 Å². The molecule has 1 heterocycles. The first-order valence-electron chi connectivity index (χ1n) is 8.53. The minimum absolute atomic E-state index is 0.0993. The largest absolute Gasteiger partial charge is 0.467 e. The Morgan fingerprint density at radius 1 is 1.25 bits per heavy atom. The lowest BCUT2D eigenvalue weighted by molar-refractivity contribution is 0.186. The van der Waals surface area contributed by atoms with E-state index in [1.807, 2.05) is 36.4 Å². The van der Waals surface area contributed by atoms with Crippen LogP contribution in [0.5, 0.6) is 0 Å². The van der Waals surface area contributed by atoms with Crippen molar-refractivity contribution < 1.29 is 4.42 Å². The summed E-state index contributed by atoms with van der Waals surface area (Å²) >= 11 is 11.9. The van der Waals surface area contributed by atoms with Crippen molar-refractivity contribution in [1.29, 1.82) is 0 Å². The summed E-state index contributed by atoms with van der Waals surface area (Å²) in [6.07, 6.45) is 7.88. The van der Waals surface area contributed by atoms with Crippen LogP contribution in [0.25, 0.3) is 0 Å². The molecule has 3 nitrogen and oxygen atoms in total. The third kappa shape index (κ3) is 4.11. The average molecular weight is 363 g/mol. The maximum atomic E-state index is 6.09. The summed E-state index contributed by atoms with van der Waals surface area (Å²) < 4.78 is 5.64. The SMILES string of the molecule is C[C@@H](c1ccco1)N(C(=S)Nc1cccc(Cl)c1)C1CCCCC1. The molecule has 0 radical (unpaired) electrons. The normalized spacial score (nSPS) is 16.6. The average Bonchev–Trinajstić information content (AvgIpc) is 3.10. The van der Waals surface area contributed by atoms with Crippen molar-refractivity contribution in [3.8, 4) is 0 Å². The Kier molecular flexibility index (Phi) is 5.80. The van der Waals surface area contributed by atoms with Gasteiger partial charge in [-0.15, -0.1) is 0 Å². The summed E-state index contributed by atoms with van der Waals surface area (Å²) in [5, 5.41) is 4.78. The van der Waals surface area contributed by atoms with Gasteiger partial charge in [0.1, 0.15) is 5.76 Å². The van der Waals surface area contributed by atoms with Crippen LogP contribution in [0.3, 0.4) is 0 Å². The van der Waals surface area contributed by atoms with E-state index in [4.69, 9.17) is 28.2 Å². The topological polar surface area (TPSA) is 28.4 Å². The van der Waals surface area contributed by atoms with E-state index in [9.17, 15) is 0 Å². The summed E-state index contributed by atoms with van der Waals surface area (Å²) in [6, 6.07) is 12.1. The zero-order chi connectivity index (χ0) is 16.9. The van der Waals surface area contributed by atoms with Crippen LogP contribution in [0.15, 0.2) is 47.1 Å². The van der Waals surface area contributed by atoms with Crippen LogP contribution in [0.4, 0.5) is 5.69 Å². The molecule has 0 amide bonds. The molecule has 0 saturated heterocycles. The van der Waals surface area contributed by atoms with Crippen molar-refractivity contribution in [3.05, 3.63) is 53.4 Å². The van der Waals surface area contributed by atoms with Crippen molar-refractivity contribution >= 4 is 34.6 Å². The van der Waals surface area contributed by atoms with Gasteiger partial charge < -0.3 is 14.6 Å². The van der Waals surface area contributed by atoms with Gasteiger partial charge in [0.15, 0.2) is 5.11 Å². The minimum Gasteiger partial charge on any atom is -0.467 e. The van der Waals surface area contributed by atoms with Gasteiger partial charge >= 0.3 is 0 Å². The highest BCUT2D eigenvalue weighted by molar-refractivity contribution is 7.80. The number of halogens is 1. The van der Waals surface area contributed by atoms with Crippen molar-refractivity contribution in [1.82, 2.24) is 4.90 Å². The van der Waals surface area contributed by atoms with E-state index in [-0.39, 0.29) is 6.04 Å². The van der Waals surface area contributed by atoms with Gasteiger partial charge in [0.25, 0.3) is 0 Å². The second-order valence-corrected chi connectivity index (χ2v) is 7.15. The molecule has 0 bridgehead atoms. The molecular formula is C19H23ClN2OS. The number of nitrogens with one attached hydrogen (secondary N) is 1. The molecule has 1 atom stereocenters. The van der Waals surface area contributed by atoms with E-state index in [0.29, 0.717) is 11.1 Å². The molecule has 1 aliphatic carbocycles. The third-order valence-corrected chi connectivity index (χ3v) is 5.20. The fraction of sp³-hybridized carbons (Fsp3) is 0.421. The van der Waals surface area contributed by atoms with Gasteiger partial charge in [-0.1, -0.05) is 36.9 Å². The second-order valence-electron chi connectivity index (χ2n) is 6.33. The maximum Gasteiger partial charge on any atom is 0.174 e. The quantitative estimate of drug-likeness (QED) is 0.672. The van der Waals surface area contributed by atoms with Crippen LogP contribution in [0.1, 0.15) is 50.8 Å². The van der Waals surface area contributed by atoms with Gasteiger partial charge in [-0.05, 0) is 62.3 Å². The van der Waals surface area contributed by atoms with Crippen LogP contribution in [0, 0.1) is 0 Å². The summed E-state index contributed by atoms with van der Waals surface area (Å²) in [5.41, 5.74) is 0.917. The smallest absolute Gasteiger partial charge is 0.174 e. The van der Waals surface area contributed by atoms with E-state index >= 15 is 0 Å². The first-order valence-corrected chi connectivity index (χ1v) is 9.32. The Labute approximate surface area is 154 Å². The fourth-order valence-corrected chi connectivity index (χ4v) is 4.05. The number of furan rings is 1. The molecule has 1 N–H and O–H groups in total. The van der Waals surface area contributed by atoms with Gasteiger partial charge in [0, 0.05) is 16.8 Å². The summed E-state index contributed by atoms with van der Waals surface area (Å²) in [6.45, 7) is 2.15. The Hall–Kier alpha value is -1.52. The summed E-state index contributed by atoms with van der Waals surface area (Å²) in [7, 11) is 0. The molecular weight excluding hydrogens is 340 g/mol. The number of thiocarbonyl (C=S) groups is 1. The molecule has 1 saturated carbocycles. The van der Waals surface area contributed by atoms with Crippen molar-refractivity contribution in [2.45, 2.75) is 51.1 Å². The van der Waals surface area contributed by atoms with Crippen LogP contribution in [-0.4, -0.2) is 16.1 Å². The minimum atomic E-state index is 0.0993. The van der Waals surface area contributed by atoms with E-state index < -0.39 is 0 Å². The molecule has 1 aromatic carbocycles. The molecule has 0 aliphatic heterocycles. The molecule has 0 unspecified atom stereocenters. The highest BCUT2D eigenvalue weighted by atomic mass is 35.5. The Bertz CT molecular complexity index is 668. The Morgan fingerprint density at radius 2 is 2.04 bits per heavy atom. The Morgan fingerprint density at radius 3 is 2.71 bits per heavy atom. The Balaban J connectivity index is 1.81. The van der Waals surface area contributed by atoms with E-state index in [1.165, 1.54) is 32.1 Å². The first-order chi connectivity index (χ1) is 11.6. The van der Waals surface area contributed by atoms with Crippen LogP contribution >= 0.6 is 23.8 Å². The maximum absolute atomic E-state index is 6.09. The van der Waals surface area contributed by atoms with Gasteiger partial charge in [-0.3, -0.25) is 0 Å². The lowest BCUT2D eigenvalue weighted by Gasteiger charge is -2.39. The van der Waals surface area contributed by atoms with Gasteiger partial charge in [-0.2, -0.15) is 0 Å². The number of benzene rings is 1. The van der Waals surface area contributed by atoms with Crippen molar-refractivity contribution in [2.24, 2.45) is 0 Å². The van der Waals surface area contributed by atoms with Crippen molar-refractivity contribution in [2.75, 3.05) is 5.32 Å². The zero-order valence-electron chi connectivity index (χ0n) is 13.9. The third-order valence-electron chi connectivity index (χ3n) is 4.65. The lowest BCUT2D eigenvalue weighted by Crippen LogP contribution is -2.45. The molecule has 2 aromatic rings. The molecule has 5 heteroatoms. The highest BCUT2D eigenvalue weighted by Crippen LogP contribution is 2.31. The standard InChI is InChI=1S/C19H23ClN2OS/c1-14(18-11-6-12-23-18)22(17-9-3-2-4-10-17)19(24)21-16-8-5-7-15(20)13-16/h5-8,11-14,17H,2-4,9-10H2,1H3,(H,21,24)/t14-/m0/s1. The van der Waals surface area contributed by atoms with Gasteiger partial charge in [0.2, 0.25) is 0 Å². The molecule has 128 valence electrons. The predicted molar refractivity (Wildman–Crippen MR) is 104 cm³/mol. The monoisotopic (exact) mass is 362 g/mol. The number of nitrogens with zero attached hydrogens (tertiary/aromatic N) is 1. The van der Waals surface area contributed by atoms with Crippen LogP contribution < -0.4 is 5.32 Å². The summed E-state index contributed by atoms with van der Waals surface area (Å²) in [5.74, 6) is 0.941. The van der Waals surface area contributed by atoms with Gasteiger partial charge in [0.05, 0.1) is 12.3 Å². The molecule has 1 aliphatic rings. The molecule has 1 aromatic heterocycles. The first kappa shape index (κ1) is 17.3. The molecule has 3 rings (SSSR count). The van der Waals surface area contributed by atoms with Crippen LogP contribution in [0.2, 0.25) is 5.02 Å². The number of anilines is 1. The zero-order valence-corrected chi connectivity index (χ0v) is 15.4. The fourth-order valence-electron chi connectivity index (χ4n) is 3.44. The number of rotatable bonds is 4. The number of hydrogen-bond donors (Lipinski definition) is 1. The van der Waals surface area contributed by atoms with E-state index in [1.54, 1.807) is 6.26 Å². The van der Waals surface area contributed by atoms with Crippen molar-refractivity contribution in [3.63, 3.8) is 0 Å². The molecule has 0 spiro atoms. The summed E-state index contributed by atoms with van der Waals surface area (Å²) in [4.78, 5) is 2.30. The lowest BCUT2D eigenvalue weighted by atomic mass is 9.93. The predicted octanol–water partition coefficient (Wildman–Crippen LogP) is 6.03. The second kappa shape index (κ2) is 8.04.